The van der Waals surface area contributed by atoms with Gasteiger partial charge in [0.15, 0.2) is 0 Å². The van der Waals surface area contributed by atoms with Crippen molar-refractivity contribution in [2.24, 2.45) is 0 Å². The van der Waals surface area contributed by atoms with Crippen LogP contribution in [0.3, 0.4) is 0 Å². The first-order valence-corrected chi connectivity index (χ1v) is 5.89. The molecule has 2 rings (SSSR count). The molecule has 0 aliphatic carbocycles. The molecule has 0 bridgehead atoms. The van der Waals surface area contributed by atoms with Crippen molar-refractivity contribution in [3.05, 3.63) is 65.7 Å². The zero-order valence-corrected chi connectivity index (χ0v) is 9.92. The lowest BCUT2D eigenvalue weighted by atomic mass is 10.1. The molecule has 18 heavy (non-hydrogen) atoms. The number of hydrogen-bond acceptors (Lipinski definition) is 1. The van der Waals surface area contributed by atoms with Crippen LogP contribution in [0.5, 0.6) is 0 Å². The van der Waals surface area contributed by atoms with Gasteiger partial charge in [0.2, 0.25) is 0 Å². The Bertz CT molecular complexity index is 497. The molecular formula is C15H14F2N. The summed E-state index contributed by atoms with van der Waals surface area (Å²) < 4.78 is 26.0. The van der Waals surface area contributed by atoms with Crippen molar-refractivity contribution in [1.82, 2.24) is 0 Å². The minimum atomic E-state index is -0.532. The zero-order chi connectivity index (χ0) is 12.8. The Morgan fingerprint density at radius 3 is 2.56 bits per heavy atom. The Hall–Kier alpha value is -1.90. The third-order valence-corrected chi connectivity index (χ3v) is 2.69. The van der Waals surface area contributed by atoms with Gasteiger partial charge in [0.1, 0.15) is 11.6 Å². The quantitative estimate of drug-likeness (QED) is 0.791. The summed E-state index contributed by atoms with van der Waals surface area (Å²) in [5.41, 5.74) is 1.58. The van der Waals surface area contributed by atoms with Crippen molar-refractivity contribution < 1.29 is 8.78 Å². The molecule has 2 aromatic rings. The Balaban J connectivity index is 1.79. The van der Waals surface area contributed by atoms with E-state index in [1.54, 1.807) is 0 Å². The second kappa shape index (κ2) is 6.15. The highest BCUT2D eigenvalue weighted by Gasteiger charge is 2.03. The first-order valence-electron chi connectivity index (χ1n) is 5.89. The molecule has 1 radical (unpaired) electrons. The van der Waals surface area contributed by atoms with Gasteiger partial charge >= 0.3 is 0 Å². The number of halogens is 2. The average molecular weight is 246 g/mol. The molecule has 0 aliphatic heterocycles. The first kappa shape index (κ1) is 12.6. The number of hydrogen-bond donors (Lipinski definition) is 1. The fourth-order valence-electron chi connectivity index (χ4n) is 1.74. The van der Waals surface area contributed by atoms with E-state index in [0.717, 1.165) is 24.7 Å². The molecule has 0 unspecified atom stereocenters. The van der Waals surface area contributed by atoms with Gasteiger partial charge in [-0.1, -0.05) is 18.2 Å². The standard InChI is InChI=1S/C15H14F2N/c16-13-9-8-12(15(17)11-13)5-4-10-18-14-6-2-1-3-7-14/h2-3,6-9,11,18H,4-5,10H2. The van der Waals surface area contributed by atoms with E-state index in [1.807, 2.05) is 24.3 Å². The van der Waals surface area contributed by atoms with Crippen molar-refractivity contribution in [1.29, 1.82) is 0 Å². The maximum absolute atomic E-state index is 13.3. The van der Waals surface area contributed by atoms with E-state index < -0.39 is 11.6 Å². The highest BCUT2D eigenvalue weighted by atomic mass is 19.1. The summed E-state index contributed by atoms with van der Waals surface area (Å²) in [6.07, 6.45) is 1.39. The van der Waals surface area contributed by atoms with Crippen LogP contribution in [-0.4, -0.2) is 6.54 Å². The highest BCUT2D eigenvalue weighted by Crippen LogP contribution is 2.12. The lowest BCUT2D eigenvalue weighted by molar-refractivity contribution is 0.570. The molecule has 2 aromatic carbocycles. The highest BCUT2D eigenvalue weighted by molar-refractivity contribution is 5.41. The minimum Gasteiger partial charge on any atom is -0.385 e. The summed E-state index contributed by atoms with van der Waals surface area (Å²) in [6, 6.07) is 14.2. The Morgan fingerprint density at radius 2 is 1.83 bits per heavy atom. The van der Waals surface area contributed by atoms with Crippen molar-refractivity contribution in [2.75, 3.05) is 11.9 Å². The van der Waals surface area contributed by atoms with E-state index in [-0.39, 0.29) is 0 Å². The predicted octanol–water partition coefficient (Wildman–Crippen LogP) is 3.81. The number of nitrogens with one attached hydrogen (secondary N) is 1. The van der Waals surface area contributed by atoms with Crippen molar-refractivity contribution in [3.63, 3.8) is 0 Å². The van der Waals surface area contributed by atoms with Crippen molar-refractivity contribution >= 4 is 5.69 Å². The molecule has 93 valence electrons. The van der Waals surface area contributed by atoms with E-state index in [2.05, 4.69) is 11.4 Å². The Morgan fingerprint density at radius 1 is 1.06 bits per heavy atom. The number of benzene rings is 2. The lowest BCUT2D eigenvalue weighted by Gasteiger charge is -2.06. The number of rotatable bonds is 5. The summed E-state index contributed by atoms with van der Waals surface area (Å²) in [6.45, 7) is 0.751. The van der Waals surface area contributed by atoms with Gasteiger partial charge in [-0.05, 0) is 42.7 Å². The number of aryl methyl sites for hydroxylation is 1. The summed E-state index contributed by atoms with van der Waals surface area (Å²) in [5.74, 6) is -1.00. The molecule has 1 nitrogen and oxygen atoms in total. The van der Waals surface area contributed by atoms with E-state index in [1.165, 1.54) is 12.1 Å². The molecule has 0 atom stereocenters. The Kier molecular flexibility index (Phi) is 4.29. The van der Waals surface area contributed by atoms with Crippen LogP contribution >= 0.6 is 0 Å². The molecule has 0 amide bonds. The normalized spacial score (nSPS) is 10.3. The first-order chi connectivity index (χ1) is 8.75. The van der Waals surface area contributed by atoms with E-state index in [0.29, 0.717) is 12.0 Å². The molecule has 0 aromatic heterocycles. The van der Waals surface area contributed by atoms with Crippen LogP contribution < -0.4 is 5.32 Å². The second-order valence-electron chi connectivity index (χ2n) is 4.05. The minimum absolute atomic E-state index is 0.468. The maximum atomic E-state index is 13.3. The molecule has 0 spiro atoms. The van der Waals surface area contributed by atoms with Crippen LogP contribution in [0, 0.1) is 17.7 Å². The smallest absolute Gasteiger partial charge is 0.129 e. The SMILES string of the molecule is Fc1ccc(CCCNc2cc[c]cc2)c(F)c1. The Labute approximate surface area is 105 Å². The van der Waals surface area contributed by atoms with Crippen LogP contribution in [0.25, 0.3) is 0 Å². The molecule has 0 fully saturated rings. The summed E-state index contributed by atoms with van der Waals surface area (Å²) in [4.78, 5) is 0. The summed E-state index contributed by atoms with van der Waals surface area (Å²) in [5, 5.41) is 3.23. The summed E-state index contributed by atoms with van der Waals surface area (Å²) >= 11 is 0. The molecule has 3 heteroatoms. The number of anilines is 1. The van der Waals surface area contributed by atoms with Gasteiger partial charge in [0.05, 0.1) is 0 Å². The van der Waals surface area contributed by atoms with Gasteiger partial charge in [-0.25, -0.2) is 8.78 Å². The zero-order valence-electron chi connectivity index (χ0n) is 9.92. The van der Waals surface area contributed by atoms with Crippen molar-refractivity contribution in [3.8, 4) is 0 Å². The molecule has 0 saturated carbocycles. The van der Waals surface area contributed by atoms with E-state index in [4.69, 9.17) is 0 Å². The van der Waals surface area contributed by atoms with E-state index in [9.17, 15) is 8.78 Å². The van der Waals surface area contributed by atoms with Gasteiger partial charge in [-0.15, -0.1) is 0 Å². The fraction of sp³-hybridized carbons (Fsp3) is 0.200. The topological polar surface area (TPSA) is 12.0 Å². The van der Waals surface area contributed by atoms with Gasteiger partial charge in [0.25, 0.3) is 0 Å². The molecule has 1 N–H and O–H groups in total. The molecule has 0 saturated heterocycles. The molecular weight excluding hydrogens is 232 g/mol. The van der Waals surface area contributed by atoms with Gasteiger partial charge in [-0.2, -0.15) is 0 Å². The van der Waals surface area contributed by atoms with Crippen LogP contribution in [0.2, 0.25) is 0 Å². The van der Waals surface area contributed by atoms with Crippen LogP contribution in [-0.2, 0) is 6.42 Å². The fourth-order valence-corrected chi connectivity index (χ4v) is 1.74. The monoisotopic (exact) mass is 246 g/mol. The summed E-state index contributed by atoms with van der Waals surface area (Å²) in [7, 11) is 0. The third kappa shape index (κ3) is 3.55. The van der Waals surface area contributed by atoms with Crippen molar-refractivity contribution in [2.45, 2.75) is 12.8 Å². The molecule has 0 heterocycles. The maximum Gasteiger partial charge on any atom is 0.129 e. The predicted molar refractivity (Wildman–Crippen MR) is 68.4 cm³/mol. The van der Waals surface area contributed by atoms with Crippen LogP contribution in [0.4, 0.5) is 14.5 Å². The molecule has 0 aliphatic rings. The largest absolute Gasteiger partial charge is 0.385 e. The third-order valence-electron chi connectivity index (χ3n) is 2.69. The average Bonchev–Trinajstić information content (AvgIpc) is 2.38. The van der Waals surface area contributed by atoms with Gasteiger partial charge in [0, 0.05) is 18.3 Å². The van der Waals surface area contributed by atoms with E-state index >= 15 is 0 Å². The van der Waals surface area contributed by atoms with Gasteiger partial charge in [-0.3, -0.25) is 0 Å². The van der Waals surface area contributed by atoms with Gasteiger partial charge < -0.3 is 5.32 Å². The van der Waals surface area contributed by atoms with Crippen LogP contribution in [0.1, 0.15) is 12.0 Å². The lowest BCUT2D eigenvalue weighted by Crippen LogP contribution is -2.03. The van der Waals surface area contributed by atoms with Crippen LogP contribution in [0.15, 0.2) is 42.5 Å². The second-order valence-corrected chi connectivity index (χ2v) is 4.05.